The smallest absolute Gasteiger partial charge is 0.253 e. The van der Waals surface area contributed by atoms with Crippen LogP contribution in [0.3, 0.4) is 0 Å². The molecule has 0 aromatic heterocycles. The van der Waals surface area contributed by atoms with Crippen molar-refractivity contribution >= 4 is 15.9 Å². The van der Waals surface area contributed by atoms with Gasteiger partial charge in [0.15, 0.2) is 0 Å². The van der Waals surface area contributed by atoms with E-state index in [-0.39, 0.29) is 16.8 Å². The minimum Gasteiger partial charge on any atom is -0.336 e. The van der Waals surface area contributed by atoms with Crippen LogP contribution in [0.2, 0.25) is 0 Å². The molecular formula is C18H27N3O3S. The summed E-state index contributed by atoms with van der Waals surface area (Å²) in [5, 5.41) is 3.31. The second kappa shape index (κ2) is 7.43. The van der Waals surface area contributed by atoms with Crippen LogP contribution in [0.5, 0.6) is 0 Å². The van der Waals surface area contributed by atoms with Crippen molar-refractivity contribution in [2.45, 2.75) is 37.6 Å². The highest BCUT2D eigenvalue weighted by atomic mass is 32.2. The lowest BCUT2D eigenvalue weighted by Crippen LogP contribution is -2.51. The molecule has 0 aliphatic carbocycles. The van der Waals surface area contributed by atoms with E-state index in [0.717, 1.165) is 19.4 Å². The van der Waals surface area contributed by atoms with Crippen molar-refractivity contribution in [3.63, 3.8) is 0 Å². The molecule has 1 aromatic rings. The molecule has 2 fully saturated rings. The van der Waals surface area contributed by atoms with Crippen LogP contribution >= 0.6 is 0 Å². The van der Waals surface area contributed by atoms with Crippen LogP contribution < -0.4 is 5.32 Å². The first-order chi connectivity index (χ1) is 11.9. The number of carbonyl (C=O) groups is 1. The number of hydrogen-bond acceptors (Lipinski definition) is 4. The zero-order valence-corrected chi connectivity index (χ0v) is 15.8. The molecule has 1 N–H and O–H groups in total. The molecule has 0 bridgehead atoms. The molecule has 0 saturated carbocycles. The van der Waals surface area contributed by atoms with E-state index in [4.69, 9.17) is 0 Å². The normalized spacial score (nSPS) is 23.6. The summed E-state index contributed by atoms with van der Waals surface area (Å²) in [7, 11) is -3.46. The molecule has 0 spiro atoms. The van der Waals surface area contributed by atoms with Crippen LogP contribution in [0, 0.1) is 5.92 Å². The minimum absolute atomic E-state index is 0.0379. The first-order valence-corrected chi connectivity index (χ1v) is 10.4. The van der Waals surface area contributed by atoms with Gasteiger partial charge in [0.2, 0.25) is 10.0 Å². The fraction of sp³-hybridized carbons (Fsp3) is 0.611. The van der Waals surface area contributed by atoms with Gasteiger partial charge in [-0.15, -0.1) is 0 Å². The zero-order valence-electron chi connectivity index (χ0n) is 14.9. The van der Waals surface area contributed by atoms with Gasteiger partial charge < -0.3 is 10.2 Å². The maximum atomic E-state index is 12.7. The number of sulfonamides is 1. The van der Waals surface area contributed by atoms with Gasteiger partial charge in [0.05, 0.1) is 4.90 Å². The van der Waals surface area contributed by atoms with Crippen molar-refractivity contribution in [2.24, 2.45) is 5.92 Å². The Hall–Kier alpha value is -1.44. The molecule has 2 aliphatic heterocycles. The molecule has 1 atom stereocenters. The van der Waals surface area contributed by atoms with E-state index in [9.17, 15) is 13.2 Å². The van der Waals surface area contributed by atoms with Crippen LogP contribution in [0.1, 0.15) is 37.0 Å². The Labute approximate surface area is 150 Å². The summed E-state index contributed by atoms with van der Waals surface area (Å²) in [5.41, 5.74) is 0.542. The number of benzene rings is 1. The second-order valence-electron chi connectivity index (χ2n) is 7.22. The van der Waals surface area contributed by atoms with Crippen molar-refractivity contribution in [1.82, 2.24) is 14.5 Å². The first kappa shape index (κ1) is 18.4. The first-order valence-electron chi connectivity index (χ1n) is 9.01. The molecule has 2 aliphatic rings. The molecule has 1 aromatic carbocycles. The van der Waals surface area contributed by atoms with Gasteiger partial charge in [0.25, 0.3) is 5.91 Å². The fourth-order valence-corrected chi connectivity index (χ4v) is 4.91. The summed E-state index contributed by atoms with van der Waals surface area (Å²) in [6.07, 6.45) is 1.80. The summed E-state index contributed by atoms with van der Waals surface area (Å²) in [6.45, 7) is 7.48. The molecule has 1 amide bonds. The van der Waals surface area contributed by atoms with Gasteiger partial charge in [-0.25, -0.2) is 8.42 Å². The van der Waals surface area contributed by atoms with E-state index >= 15 is 0 Å². The van der Waals surface area contributed by atoms with Crippen molar-refractivity contribution in [3.8, 4) is 0 Å². The third kappa shape index (κ3) is 4.04. The fourth-order valence-electron chi connectivity index (χ4n) is 3.44. The number of rotatable bonds is 3. The summed E-state index contributed by atoms with van der Waals surface area (Å²) >= 11 is 0. The molecule has 1 unspecified atom stereocenters. The van der Waals surface area contributed by atoms with E-state index < -0.39 is 10.0 Å². The number of carbonyl (C=O) groups excluding carboxylic acids is 1. The lowest BCUT2D eigenvalue weighted by molar-refractivity contribution is 0.0709. The molecule has 0 radical (unpaired) electrons. The Morgan fingerprint density at radius 1 is 1.08 bits per heavy atom. The van der Waals surface area contributed by atoms with E-state index in [1.807, 2.05) is 4.90 Å². The SMILES string of the molecule is CC1CCN(S(=O)(=O)c2ccc(C(=O)N3CCNC(C)C3)cc2)CC1. The topological polar surface area (TPSA) is 69.7 Å². The predicted molar refractivity (Wildman–Crippen MR) is 97.0 cm³/mol. The van der Waals surface area contributed by atoms with E-state index in [0.29, 0.717) is 37.7 Å². The molecule has 2 heterocycles. The van der Waals surface area contributed by atoms with Gasteiger partial charge in [-0.3, -0.25) is 4.79 Å². The highest BCUT2D eigenvalue weighted by molar-refractivity contribution is 7.89. The van der Waals surface area contributed by atoms with Gasteiger partial charge in [0.1, 0.15) is 0 Å². The Kier molecular flexibility index (Phi) is 5.46. The number of piperidine rings is 1. The summed E-state index contributed by atoms with van der Waals surface area (Å²) in [4.78, 5) is 14.7. The van der Waals surface area contributed by atoms with E-state index in [1.54, 1.807) is 28.6 Å². The average Bonchev–Trinajstić information content (AvgIpc) is 2.61. The lowest BCUT2D eigenvalue weighted by Gasteiger charge is -2.32. The van der Waals surface area contributed by atoms with Gasteiger partial charge in [0, 0.05) is 44.3 Å². The number of piperazine rings is 1. The Morgan fingerprint density at radius 3 is 2.32 bits per heavy atom. The van der Waals surface area contributed by atoms with Crippen molar-refractivity contribution in [1.29, 1.82) is 0 Å². The highest BCUT2D eigenvalue weighted by Crippen LogP contribution is 2.24. The summed E-state index contributed by atoms with van der Waals surface area (Å²) in [6, 6.07) is 6.67. The largest absolute Gasteiger partial charge is 0.336 e. The Morgan fingerprint density at radius 2 is 1.72 bits per heavy atom. The van der Waals surface area contributed by atoms with Crippen LogP contribution in [0.4, 0.5) is 0 Å². The molecule has 6 nitrogen and oxygen atoms in total. The number of nitrogens with zero attached hydrogens (tertiary/aromatic N) is 2. The zero-order chi connectivity index (χ0) is 18.0. The minimum atomic E-state index is -3.46. The molecular weight excluding hydrogens is 338 g/mol. The molecule has 3 rings (SSSR count). The number of amides is 1. The summed E-state index contributed by atoms with van der Waals surface area (Å²) in [5.74, 6) is 0.539. The molecule has 138 valence electrons. The third-order valence-electron chi connectivity index (χ3n) is 5.14. The average molecular weight is 365 g/mol. The van der Waals surface area contributed by atoms with E-state index in [1.165, 1.54) is 0 Å². The van der Waals surface area contributed by atoms with Gasteiger partial charge in [-0.05, 0) is 49.9 Å². The number of nitrogens with one attached hydrogen (secondary N) is 1. The molecule has 25 heavy (non-hydrogen) atoms. The summed E-state index contributed by atoms with van der Waals surface area (Å²) < 4.78 is 27.0. The molecule has 7 heteroatoms. The molecule has 2 saturated heterocycles. The van der Waals surface area contributed by atoms with Crippen LogP contribution in [0.25, 0.3) is 0 Å². The van der Waals surface area contributed by atoms with Crippen LogP contribution in [-0.4, -0.2) is 62.3 Å². The van der Waals surface area contributed by atoms with Crippen LogP contribution in [0.15, 0.2) is 29.2 Å². The van der Waals surface area contributed by atoms with Crippen LogP contribution in [-0.2, 0) is 10.0 Å². The van der Waals surface area contributed by atoms with Gasteiger partial charge >= 0.3 is 0 Å². The number of hydrogen-bond donors (Lipinski definition) is 1. The maximum Gasteiger partial charge on any atom is 0.253 e. The lowest BCUT2D eigenvalue weighted by atomic mass is 10.0. The van der Waals surface area contributed by atoms with Gasteiger partial charge in [-0.1, -0.05) is 6.92 Å². The monoisotopic (exact) mass is 365 g/mol. The quantitative estimate of drug-likeness (QED) is 0.882. The Bertz CT molecular complexity index is 710. The highest BCUT2D eigenvalue weighted by Gasteiger charge is 2.28. The Balaban J connectivity index is 1.72. The maximum absolute atomic E-state index is 12.7. The van der Waals surface area contributed by atoms with Crippen molar-refractivity contribution in [2.75, 3.05) is 32.7 Å². The van der Waals surface area contributed by atoms with E-state index in [2.05, 4.69) is 19.2 Å². The van der Waals surface area contributed by atoms with Crippen molar-refractivity contribution < 1.29 is 13.2 Å². The van der Waals surface area contributed by atoms with Crippen molar-refractivity contribution in [3.05, 3.63) is 29.8 Å². The predicted octanol–water partition coefficient (Wildman–Crippen LogP) is 1.54. The van der Waals surface area contributed by atoms with Gasteiger partial charge in [-0.2, -0.15) is 4.31 Å². The second-order valence-corrected chi connectivity index (χ2v) is 9.16. The third-order valence-corrected chi connectivity index (χ3v) is 7.05. The standard InChI is InChI=1S/C18H27N3O3S/c1-14-7-10-21(11-8-14)25(23,24)17-5-3-16(4-6-17)18(22)20-12-9-19-15(2)13-20/h3-6,14-15,19H,7-13H2,1-2H3.